The molecule has 132 valence electrons. The highest BCUT2D eigenvalue weighted by atomic mass is 35.5. The zero-order chi connectivity index (χ0) is 18.5. The van der Waals surface area contributed by atoms with Gasteiger partial charge < -0.3 is 14.4 Å². The maximum absolute atomic E-state index is 13.0. The van der Waals surface area contributed by atoms with Crippen LogP contribution in [0.2, 0.25) is 5.15 Å². The number of ether oxygens (including phenoxy) is 1. The zero-order valence-corrected chi connectivity index (χ0v) is 13.8. The lowest BCUT2D eigenvalue weighted by Gasteiger charge is -2.12. The summed E-state index contributed by atoms with van der Waals surface area (Å²) in [6.45, 7) is 0.226. The first kappa shape index (κ1) is 17.1. The predicted molar refractivity (Wildman–Crippen MR) is 90.7 cm³/mol. The molecule has 26 heavy (non-hydrogen) atoms. The van der Waals surface area contributed by atoms with Gasteiger partial charge in [0.15, 0.2) is 0 Å². The number of fused-ring (bicyclic) bond motifs is 2. The molecule has 1 aliphatic rings. The molecule has 0 spiro atoms. The van der Waals surface area contributed by atoms with Gasteiger partial charge in [-0.1, -0.05) is 17.7 Å². The number of rotatable bonds is 2. The molecule has 1 N–H and O–H groups in total. The smallest absolute Gasteiger partial charge is 0.457 e. The van der Waals surface area contributed by atoms with Crippen molar-refractivity contribution in [1.29, 1.82) is 0 Å². The first-order valence-electron chi connectivity index (χ1n) is 7.59. The molecule has 0 aliphatic carbocycles. The zero-order valence-electron chi connectivity index (χ0n) is 13.0. The monoisotopic (exact) mass is 379 g/mol. The second-order valence-corrected chi connectivity index (χ2v) is 6.19. The minimum absolute atomic E-state index is 0.104. The van der Waals surface area contributed by atoms with Crippen molar-refractivity contribution in [3.8, 4) is 11.5 Å². The van der Waals surface area contributed by atoms with Crippen LogP contribution in [0.5, 0.6) is 11.5 Å². The molecular formula is C17H10BClF3NO3. The third kappa shape index (κ3) is 3.11. The van der Waals surface area contributed by atoms with Crippen LogP contribution in [0, 0.1) is 0 Å². The van der Waals surface area contributed by atoms with Gasteiger partial charge in [0.2, 0.25) is 0 Å². The van der Waals surface area contributed by atoms with E-state index in [0.29, 0.717) is 16.7 Å². The number of alkyl halides is 3. The second kappa shape index (κ2) is 6.16. The summed E-state index contributed by atoms with van der Waals surface area (Å²) in [5, 5.41) is 9.95. The Balaban J connectivity index is 1.78. The van der Waals surface area contributed by atoms with Crippen LogP contribution in [0.15, 0.2) is 42.5 Å². The lowest BCUT2D eigenvalue weighted by atomic mass is 9.80. The SMILES string of the molecule is OB1OCc2cc(Oc3cc(Cl)nc4ccc(C(F)(F)F)cc34)ccc21. The Labute approximate surface area is 151 Å². The van der Waals surface area contributed by atoms with Gasteiger partial charge in [0.25, 0.3) is 0 Å². The van der Waals surface area contributed by atoms with Crippen LogP contribution in [0.3, 0.4) is 0 Å². The van der Waals surface area contributed by atoms with Gasteiger partial charge in [-0.25, -0.2) is 4.98 Å². The van der Waals surface area contributed by atoms with Gasteiger partial charge in [-0.15, -0.1) is 0 Å². The maximum Gasteiger partial charge on any atom is 0.491 e. The fraction of sp³-hybridized carbons (Fsp3) is 0.118. The Morgan fingerprint density at radius 2 is 1.96 bits per heavy atom. The summed E-state index contributed by atoms with van der Waals surface area (Å²) in [5.41, 5.74) is 0.870. The summed E-state index contributed by atoms with van der Waals surface area (Å²) in [6, 6.07) is 9.46. The maximum atomic E-state index is 13.0. The molecule has 2 heterocycles. The average Bonchev–Trinajstić information content (AvgIpc) is 2.94. The van der Waals surface area contributed by atoms with E-state index in [4.69, 9.17) is 21.0 Å². The van der Waals surface area contributed by atoms with Crippen LogP contribution in [-0.4, -0.2) is 17.1 Å². The van der Waals surface area contributed by atoms with Crippen molar-refractivity contribution in [3.05, 3.63) is 58.7 Å². The Morgan fingerprint density at radius 1 is 1.15 bits per heavy atom. The lowest BCUT2D eigenvalue weighted by molar-refractivity contribution is -0.137. The van der Waals surface area contributed by atoms with Crippen molar-refractivity contribution in [2.75, 3.05) is 0 Å². The molecule has 4 nitrogen and oxygen atoms in total. The number of nitrogens with zero attached hydrogens (tertiary/aromatic N) is 1. The van der Waals surface area contributed by atoms with E-state index < -0.39 is 18.9 Å². The van der Waals surface area contributed by atoms with E-state index in [0.717, 1.165) is 17.7 Å². The number of hydrogen-bond acceptors (Lipinski definition) is 4. The molecule has 3 aromatic rings. The largest absolute Gasteiger partial charge is 0.491 e. The van der Waals surface area contributed by atoms with Crippen molar-refractivity contribution in [2.45, 2.75) is 12.8 Å². The molecule has 0 bridgehead atoms. The summed E-state index contributed by atoms with van der Waals surface area (Å²) < 4.78 is 49.9. The van der Waals surface area contributed by atoms with Crippen LogP contribution in [0.1, 0.15) is 11.1 Å². The molecule has 0 saturated carbocycles. The average molecular weight is 380 g/mol. The number of aromatic nitrogens is 1. The molecule has 1 aromatic heterocycles. The molecule has 0 saturated heterocycles. The highest BCUT2D eigenvalue weighted by Gasteiger charge is 2.31. The molecule has 4 rings (SSSR count). The topological polar surface area (TPSA) is 51.6 Å². The molecule has 0 fully saturated rings. The predicted octanol–water partition coefficient (Wildman–Crippen LogP) is 3.92. The first-order valence-corrected chi connectivity index (χ1v) is 7.97. The standard InChI is InChI=1S/C17H10BClF3NO3/c19-16-7-15(12-6-10(17(20,21)22)1-4-14(12)23-16)26-11-2-3-13-9(5-11)8-25-18(13)24/h1-7,24H,8H2. The molecule has 0 amide bonds. The van der Waals surface area contributed by atoms with E-state index in [1.807, 2.05) is 0 Å². The van der Waals surface area contributed by atoms with Gasteiger partial charge in [0, 0.05) is 11.5 Å². The normalized spacial score (nSPS) is 14.0. The fourth-order valence-corrected chi connectivity index (χ4v) is 3.01. The molecule has 9 heteroatoms. The Bertz CT molecular complexity index is 1010. The fourth-order valence-electron chi connectivity index (χ4n) is 2.82. The number of hydrogen-bond donors (Lipinski definition) is 1. The van der Waals surface area contributed by atoms with Crippen LogP contribution in [-0.2, 0) is 17.4 Å². The summed E-state index contributed by atoms with van der Waals surface area (Å²) in [4.78, 5) is 4.03. The van der Waals surface area contributed by atoms with E-state index in [2.05, 4.69) is 4.98 Å². The summed E-state index contributed by atoms with van der Waals surface area (Å²) in [6.07, 6.45) is -4.48. The highest BCUT2D eigenvalue weighted by molar-refractivity contribution is 6.61. The first-order chi connectivity index (χ1) is 12.3. The molecule has 0 radical (unpaired) electrons. The number of benzene rings is 2. The Morgan fingerprint density at radius 3 is 2.73 bits per heavy atom. The van der Waals surface area contributed by atoms with E-state index in [1.165, 1.54) is 12.1 Å². The van der Waals surface area contributed by atoms with Crippen LogP contribution >= 0.6 is 11.6 Å². The van der Waals surface area contributed by atoms with E-state index in [9.17, 15) is 18.2 Å². The molecular weight excluding hydrogens is 369 g/mol. The van der Waals surface area contributed by atoms with Gasteiger partial charge in [0.1, 0.15) is 16.7 Å². The van der Waals surface area contributed by atoms with Crippen molar-refractivity contribution in [3.63, 3.8) is 0 Å². The van der Waals surface area contributed by atoms with Crippen molar-refractivity contribution in [1.82, 2.24) is 4.98 Å². The third-order valence-electron chi connectivity index (χ3n) is 4.07. The molecule has 0 unspecified atom stereocenters. The van der Waals surface area contributed by atoms with Gasteiger partial charge in [-0.2, -0.15) is 13.2 Å². The van der Waals surface area contributed by atoms with Gasteiger partial charge in [-0.3, -0.25) is 0 Å². The van der Waals surface area contributed by atoms with Crippen LogP contribution in [0.25, 0.3) is 10.9 Å². The van der Waals surface area contributed by atoms with Gasteiger partial charge in [0.05, 0.1) is 17.7 Å². The van der Waals surface area contributed by atoms with Crippen LogP contribution < -0.4 is 10.2 Å². The van der Waals surface area contributed by atoms with Gasteiger partial charge >= 0.3 is 13.3 Å². The summed E-state index contributed by atoms with van der Waals surface area (Å²) in [5.74, 6) is 0.549. The van der Waals surface area contributed by atoms with E-state index in [1.54, 1.807) is 18.2 Å². The minimum Gasteiger partial charge on any atom is -0.457 e. The molecule has 1 aliphatic heterocycles. The second-order valence-electron chi connectivity index (χ2n) is 5.80. The highest BCUT2D eigenvalue weighted by Crippen LogP contribution is 2.36. The quantitative estimate of drug-likeness (QED) is 0.542. The van der Waals surface area contributed by atoms with Gasteiger partial charge in [-0.05, 0) is 41.4 Å². The van der Waals surface area contributed by atoms with Crippen molar-refractivity contribution >= 4 is 35.1 Å². The molecule has 0 atom stereocenters. The number of halogens is 4. The van der Waals surface area contributed by atoms with Crippen molar-refractivity contribution in [2.24, 2.45) is 0 Å². The van der Waals surface area contributed by atoms with E-state index >= 15 is 0 Å². The third-order valence-corrected chi connectivity index (χ3v) is 4.27. The van der Waals surface area contributed by atoms with E-state index in [-0.39, 0.29) is 22.9 Å². The van der Waals surface area contributed by atoms with Crippen molar-refractivity contribution < 1.29 is 27.6 Å². The molecule has 2 aromatic carbocycles. The van der Waals surface area contributed by atoms with Crippen LogP contribution in [0.4, 0.5) is 13.2 Å². The lowest BCUT2D eigenvalue weighted by Crippen LogP contribution is -2.27. The summed E-state index contributed by atoms with van der Waals surface area (Å²) >= 11 is 5.97. The number of pyridine rings is 1. The summed E-state index contributed by atoms with van der Waals surface area (Å²) in [7, 11) is -0.982. The Kier molecular flexibility index (Phi) is 4.06. The minimum atomic E-state index is -4.48. The Hall–Kier alpha value is -2.29.